The third kappa shape index (κ3) is 2.78. The molecule has 2 heterocycles. The fourth-order valence-corrected chi connectivity index (χ4v) is 2.65. The number of hydrogen-bond donors (Lipinski definition) is 1. The number of halogens is 5. The number of alkyl halides is 4. The first-order chi connectivity index (χ1) is 10.3. The van der Waals surface area contributed by atoms with Gasteiger partial charge in [-0.1, -0.05) is 11.6 Å². The molecule has 10 heteroatoms. The van der Waals surface area contributed by atoms with Crippen LogP contribution in [-0.4, -0.2) is 17.2 Å². The van der Waals surface area contributed by atoms with Crippen LogP contribution in [-0.2, 0) is 6.54 Å². The summed E-state index contributed by atoms with van der Waals surface area (Å²) in [6.45, 7) is 0.344. The number of thiazole rings is 1. The van der Waals surface area contributed by atoms with Crippen molar-refractivity contribution >= 4 is 28.6 Å². The predicted octanol–water partition coefficient (Wildman–Crippen LogP) is 4.37. The fourth-order valence-electron chi connectivity index (χ4n) is 1.73. The summed E-state index contributed by atoms with van der Waals surface area (Å²) in [7, 11) is 0. The van der Waals surface area contributed by atoms with E-state index in [1.807, 2.05) is 0 Å². The van der Waals surface area contributed by atoms with E-state index < -0.39 is 23.7 Å². The molecular formula is C12H7ClF4N2O2S. The lowest BCUT2D eigenvalue weighted by atomic mass is 10.2. The van der Waals surface area contributed by atoms with Gasteiger partial charge in [-0.2, -0.15) is 17.6 Å². The summed E-state index contributed by atoms with van der Waals surface area (Å²) >= 11 is 6.94. The van der Waals surface area contributed by atoms with Gasteiger partial charge < -0.3 is 14.8 Å². The third-order valence-corrected chi connectivity index (χ3v) is 3.87. The van der Waals surface area contributed by atoms with Gasteiger partial charge in [0, 0.05) is 22.8 Å². The molecule has 0 fully saturated rings. The maximum atomic E-state index is 13.1. The predicted molar refractivity (Wildman–Crippen MR) is 72.0 cm³/mol. The standard InChI is InChI=1S/C12H7ClF4N2O2S/c13-10-19-5-7(22-10)4-18-6-1-2-8-9(3-6)21-12(16,17)11(14,15)20-8/h1-3,5,18H,4H2. The molecule has 0 radical (unpaired) electrons. The molecule has 0 unspecified atom stereocenters. The van der Waals surface area contributed by atoms with Crippen LogP contribution < -0.4 is 14.8 Å². The minimum Gasteiger partial charge on any atom is -0.421 e. The molecule has 1 aliphatic heterocycles. The average molecular weight is 355 g/mol. The molecule has 2 aromatic rings. The Kier molecular flexibility index (Phi) is 3.56. The van der Waals surface area contributed by atoms with Crippen LogP contribution in [0.2, 0.25) is 4.47 Å². The SMILES string of the molecule is FC1(F)Oc2ccc(NCc3cnc(Cl)s3)cc2OC1(F)F. The average Bonchev–Trinajstić information content (AvgIpc) is 2.83. The summed E-state index contributed by atoms with van der Waals surface area (Å²) in [5.74, 6) is -0.925. The van der Waals surface area contributed by atoms with Gasteiger partial charge in [0.1, 0.15) is 0 Å². The molecule has 0 saturated carbocycles. The van der Waals surface area contributed by atoms with E-state index >= 15 is 0 Å². The van der Waals surface area contributed by atoms with Crippen LogP contribution in [0, 0.1) is 0 Å². The largest absolute Gasteiger partial charge is 0.507 e. The van der Waals surface area contributed by atoms with Gasteiger partial charge in [-0.25, -0.2) is 4.98 Å². The molecule has 1 aromatic heterocycles. The monoisotopic (exact) mass is 354 g/mol. The normalized spacial score (nSPS) is 18.0. The smallest absolute Gasteiger partial charge is 0.421 e. The molecule has 3 rings (SSSR count). The van der Waals surface area contributed by atoms with Crippen LogP contribution in [0.25, 0.3) is 0 Å². The number of rotatable bonds is 3. The minimum absolute atomic E-state index is 0.344. The van der Waals surface area contributed by atoms with Gasteiger partial charge in [0.2, 0.25) is 0 Å². The van der Waals surface area contributed by atoms with Crippen LogP contribution in [0.15, 0.2) is 24.4 Å². The van der Waals surface area contributed by atoms with Gasteiger partial charge >= 0.3 is 12.2 Å². The second-order valence-electron chi connectivity index (χ2n) is 4.33. The number of hydrogen-bond acceptors (Lipinski definition) is 5. The number of nitrogens with one attached hydrogen (secondary N) is 1. The highest BCUT2D eigenvalue weighted by Gasteiger charge is 2.65. The molecule has 0 saturated heterocycles. The lowest BCUT2D eigenvalue weighted by Crippen LogP contribution is -2.52. The second kappa shape index (κ2) is 5.17. The van der Waals surface area contributed by atoms with Crippen molar-refractivity contribution in [2.75, 3.05) is 5.32 Å². The summed E-state index contributed by atoms with van der Waals surface area (Å²) in [6, 6.07) is 3.69. The molecular weight excluding hydrogens is 348 g/mol. The Labute approximate surface area is 130 Å². The molecule has 1 N–H and O–H groups in total. The van der Waals surface area contributed by atoms with E-state index in [2.05, 4.69) is 19.8 Å². The Balaban J connectivity index is 1.77. The second-order valence-corrected chi connectivity index (χ2v) is 6.03. The van der Waals surface area contributed by atoms with Crippen molar-refractivity contribution in [3.63, 3.8) is 0 Å². The molecule has 0 aliphatic carbocycles. The summed E-state index contributed by atoms with van der Waals surface area (Å²) in [4.78, 5) is 4.67. The highest BCUT2D eigenvalue weighted by molar-refractivity contribution is 7.15. The minimum atomic E-state index is -4.73. The zero-order valence-corrected chi connectivity index (χ0v) is 12.2. The Hall–Kier alpha value is -1.74. The lowest BCUT2D eigenvalue weighted by Gasteiger charge is -2.31. The molecule has 1 aliphatic rings. The van der Waals surface area contributed by atoms with E-state index in [0.717, 1.165) is 17.0 Å². The van der Waals surface area contributed by atoms with E-state index in [1.165, 1.54) is 17.4 Å². The van der Waals surface area contributed by atoms with Crippen LogP contribution in [0.3, 0.4) is 0 Å². The first kappa shape index (κ1) is 15.2. The van der Waals surface area contributed by atoms with Crippen molar-refractivity contribution in [1.29, 1.82) is 0 Å². The van der Waals surface area contributed by atoms with Gasteiger partial charge in [-0.15, -0.1) is 11.3 Å². The topological polar surface area (TPSA) is 43.4 Å². The van der Waals surface area contributed by atoms with E-state index in [1.54, 1.807) is 6.20 Å². The Bertz CT molecular complexity index is 710. The zero-order valence-electron chi connectivity index (χ0n) is 10.6. The van der Waals surface area contributed by atoms with Gasteiger partial charge in [0.25, 0.3) is 0 Å². The molecule has 4 nitrogen and oxygen atoms in total. The van der Waals surface area contributed by atoms with Crippen molar-refractivity contribution in [2.45, 2.75) is 18.8 Å². The quantitative estimate of drug-likeness (QED) is 0.831. The molecule has 0 bridgehead atoms. The molecule has 118 valence electrons. The van der Waals surface area contributed by atoms with Gasteiger partial charge in [-0.05, 0) is 12.1 Å². The maximum absolute atomic E-state index is 13.1. The zero-order chi connectivity index (χ0) is 16.0. The van der Waals surface area contributed by atoms with Crippen molar-refractivity contribution in [1.82, 2.24) is 4.98 Å². The van der Waals surface area contributed by atoms with E-state index in [-0.39, 0.29) is 0 Å². The van der Waals surface area contributed by atoms with Crippen LogP contribution in [0.1, 0.15) is 4.88 Å². The molecule has 0 spiro atoms. The van der Waals surface area contributed by atoms with Gasteiger partial charge in [0.15, 0.2) is 16.0 Å². The van der Waals surface area contributed by atoms with Gasteiger partial charge in [-0.3, -0.25) is 0 Å². The van der Waals surface area contributed by atoms with Crippen LogP contribution in [0.4, 0.5) is 23.2 Å². The Morgan fingerprint density at radius 1 is 1.14 bits per heavy atom. The summed E-state index contributed by atoms with van der Waals surface area (Å²) in [5, 5.41) is 2.92. The molecule has 1 aromatic carbocycles. The molecule has 0 amide bonds. The van der Waals surface area contributed by atoms with Crippen molar-refractivity contribution < 1.29 is 27.0 Å². The van der Waals surface area contributed by atoms with E-state index in [9.17, 15) is 17.6 Å². The Morgan fingerprint density at radius 3 is 2.45 bits per heavy atom. The number of benzene rings is 1. The Morgan fingerprint density at radius 2 is 1.82 bits per heavy atom. The number of nitrogens with zero attached hydrogens (tertiary/aromatic N) is 1. The van der Waals surface area contributed by atoms with Crippen LogP contribution >= 0.6 is 22.9 Å². The van der Waals surface area contributed by atoms with Crippen molar-refractivity contribution in [3.8, 4) is 11.5 Å². The first-order valence-corrected chi connectivity index (χ1v) is 7.08. The highest BCUT2D eigenvalue weighted by Crippen LogP contribution is 2.47. The molecule has 0 atom stereocenters. The summed E-state index contributed by atoms with van der Waals surface area (Å²) in [6.07, 6.45) is -7.88. The summed E-state index contributed by atoms with van der Waals surface area (Å²) < 4.78 is 60.6. The third-order valence-electron chi connectivity index (χ3n) is 2.75. The van der Waals surface area contributed by atoms with E-state index in [0.29, 0.717) is 16.7 Å². The number of aromatic nitrogens is 1. The maximum Gasteiger partial charge on any atom is 0.507 e. The summed E-state index contributed by atoms with van der Waals surface area (Å²) in [5.41, 5.74) is 0.396. The number of ether oxygens (including phenoxy) is 2. The van der Waals surface area contributed by atoms with E-state index in [4.69, 9.17) is 11.6 Å². The first-order valence-electron chi connectivity index (χ1n) is 5.89. The van der Waals surface area contributed by atoms with Crippen molar-refractivity contribution in [2.24, 2.45) is 0 Å². The van der Waals surface area contributed by atoms with Crippen LogP contribution in [0.5, 0.6) is 11.5 Å². The lowest BCUT2D eigenvalue weighted by molar-refractivity contribution is -0.391. The highest BCUT2D eigenvalue weighted by atomic mass is 35.5. The fraction of sp³-hybridized carbons (Fsp3) is 0.250. The number of fused-ring (bicyclic) bond motifs is 1. The number of anilines is 1. The molecule has 22 heavy (non-hydrogen) atoms. The van der Waals surface area contributed by atoms with Gasteiger partial charge in [0.05, 0.1) is 6.54 Å². The van der Waals surface area contributed by atoms with Crippen molar-refractivity contribution in [3.05, 3.63) is 33.7 Å².